The second-order valence-electron chi connectivity index (χ2n) is 5.35. The number of hydrogen-bond donors (Lipinski definition) is 2. The molecule has 0 saturated heterocycles. The SMILES string of the molecule is CCNC(C)(CCCn1nc(C)c(C)c1C)C(N)=O. The maximum Gasteiger partial charge on any atom is 0.237 e. The molecule has 0 fully saturated rings. The van der Waals surface area contributed by atoms with Crippen molar-refractivity contribution in [3.8, 4) is 0 Å². The lowest BCUT2D eigenvalue weighted by molar-refractivity contribution is -0.124. The van der Waals surface area contributed by atoms with Gasteiger partial charge in [0, 0.05) is 12.2 Å². The van der Waals surface area contributed by atoms with E-state index in [1.54, 1.807) is 0 Å². The van der Waals surface area contributed by atoms with Gasteiger partial charge in [-0.25, -0.2) is 0 Å². The molecule has 1 rings (SSSR count). The Labute approximate surface area is 115 Å². The molecule has 0 bridgehead atoms. The highest BCUT2D eigenvalue weighted by molar-refractivity contribution is 5.84. The molecule has 0 aliphatic heterocycles. The third-order valence-electron chi connectivity index (χ3n) is 3.90. The maximum atomic E-state index is 11.5. The molecule has 1 unspecified atom stereocenters. The van der Waals surface area contributed by atoms with E-state index < -0.39 is 5.54 Å². The van der Waals surface area contributed by atoms with Crippen molar-refractivity contribution in [2.45, 2.75) is 59.5 Å². The van der Waals surface area contributed by atoms with E-state index in [-0.39, 0.29) is 5.91 Å². The van der Waals surface area contributed by atoms with Crippen molar-refractivity contribution in [1.82, 2.24) is 15.1 Å². The molecule has 0 aliphatic carbocycles. The number of primary amides is 1. The lowest BCUT2D eigenvalue weighted by Gasteiger charge is -2.27. The fourth-order valence-corrected chi connectivity index (χ4v) is 2.28. The zero-order valence-electron chi connectivity index (χ0n) is 12.7. The zero-order valence-corrected chi connectivity index (χ0v) is 12.7. The Morgan fingerprint density at radius 2 is 2.05 bits per heavy atom. The topological polar surface area (TPSA) is 72.9 Å². The zero-order chi connectivity index (χ0) is 14.6. The number of nitrogens with one attached hydrogen (secondary N) is 1. The first kappa shape index (κ1) is 15.7. The molecule has 0 aromatic carbocycles. The Hall–Kier alpha value is -1.36. The Kier molecular flexibility index (Phi) is 5.11. The summed E-state index contributed by atoms with van der Waals surface area (Å²) in [7, 11) is 0. The first-order valence-corrected chi connectivity index (χ1v) is 6.87. The minimum absolute atomic E-state index is 0.293. The number of likely N-dealkylation sites (N-methyl/N-ethyl adjacent to an activating group) is 1. The molecular weight excluding hydrogens is 240 g/mol. The number of nitrogens with two attached hydrogens (primary N) is 1. The summed E-state index contributed by atoms with van der Waals surface area (Å²) in [4.78, 5) is 11.5. The number of rotatable bonds is 7. The maximum absolute atomic E-state index is 11.5. The molecule has 0 saturated carbocycles. The highest BCUT2D eigenvalue weighted by Gasteiger charge is 2.29. The third-order valence-corrected chi connectivity index (χ3v) is 3.90. The lowest BCUT2D eigenvalue weighted by Crippen LogP contribution is -2.53. The molecular formula is C14H26N4O. The van der Waals surface area contributed by atoms with Crippen LogP contribution in [-0.2, 0) is 11.3 Å². The van der Waals surface area contributed by atoms with Gasteiger partial charge < -0.3 is 11.1 Å². The van der Waals surface area contributed by atoms with Crippen LogP contribution in [-0.4, -0.2) is 27.8 Å². The van der Waals surface area contributed by atoms with Crippen LogP contribution in [0.15, 0.2) is 0 Å². The van der Waals surface area contributed by atoms with Crippen LogP contribution in [0, 0.1) is 20.8 Å². The van der Waals surface area contributed by atoms with Crippen LogP contribution < -0.4 is 11.1 Å². The van der Waals surface area contributed by atoms with Gasteiger partial charge >= 0.3 is 0 Å². The van der Waals surface area contributed by atoms with E-state index in [1.807, 2.05) is 25.5 Å². The highest BCUT2D eigenvalue weighted by atomic mass is 16.1. The number of carbonyl (C=O) groups excluding carboxylic acids is 1. The molecule has 0 radical (unpaired) electrons. The van der Waals surface area contributed by atoms with E-state index >= 15 is 0 Å². The van der Waals surface area contributed by atoms with Crippen LogP contribution in [0.3, 0.4) is 0 Å². The highest BCUT2D eigenvalue weighted by Crippen LogP contribution is 2.15. The molecule has 5 heteroatoms. The van der Waals surface area contributed by atoms with Crippen molar-refractivity contribution in [1.29, 1.82) is 0 Å². The Morgan fingerprint density at radius 3 is 2.47 bits per heavy atom. The van der Waals surface area contributed by atoms with Gasteiger partial charge in [-0.3, -0.25) is 9.48 Å². The van der Waals surface area contributed by atoms with Crippen LogP contribution in [0.1, 0.15) is 43.6 Å². The molecule has 5 nitrogen and oxygen atoms in total. The second-order valence-corrected chi connectivity index (χ2v) is 5.35. The molecule has 0 spiro atoms. The molecule has 1 aromatic rings. The minimum atomic E-state index is -0.625. The summed E-state index contributed by atoms with van der Waals surface area (Å²) in [6, 6.07) is 0. The van der Waals surface area contributed by atoms with Gasteiger partial charge in [-0.15, -0.1) is 0 Å². The van der Waals surface area contributed by atoms with Crippen molar-refractivity contribution in [2.75, 3.05) is 6.54 Å². The van der Waals surface area contributed by atoms with Gasteiger partial charge in [-0.05, 0) is 52.6 Å². The van der Waals surface area contributed by atoms with Crippen LogP contribution in [0.5, 0.6) is 0 Å². The van der Waals surface area contributed by atoms with Crippen molar-refractivity contribution in [3.63, 3.8) is 0 Å². The monoisotopic (exact) mass is 266 g/mol. The smallest absolute Gasteiger partial charge is 0.237 e. The van der Waals surface area contributed by atoms with Gasteiger partial charge in [-0.2, -0.15) is 5.10 Å². The second kappa shape index (κ2) is 6.19. The molecule has 1 aromatic heterocycles. The van der Waals surface area contributed by atoms with Gasteiger partial charge in [0.15, 0.2) is 0 Å². The van der Waals surface area contributed by atoms with Crippen molar-refractivity contribution in [3.05, 3.63) is 17.0 Å². The van der Waals surface area contributed by atoms with Crippen molar-refractivity contribution < 1.29 is 4.79 Å². The fraction of sp³-hybridized carbons (Fsp3) is 0.714. The summed E-state index contributed by atoms with van der Waals surface area (Å²) in [5.41, 5.74) is 8.35. The number of hydrogen-bond acceptors (Lipinski definition) is 3. The van der Waals surface area contributed by atoms with Gasteiger partial charge in [-0.1, -0.05) is 6.92 Å². The summed E-state index contributed by atoms with van der Waals surface area (Å²) in [5, 5.41) is 7.67. The fourth-order valence-electron chi connectivity index (χ4n) is 2.28. The van der Waals surface area contributed by atoms with Crippen LogP contribution in [0.4, 0.5) is 0 Å². The van der Waals surface area contributed by atoms with E-state index in [1.165, 1.54) is 11.3 Å². The van der Waals surface area contributed by atoms with E-state index in [0.717, 1.165) is 25.2 Å². The largest absolute Gasteiger partial charge is 0.368 e. The molecule has 1 atom stereocenters. The Balaban J connectivity index is 2.62. The van der Waals surface area contributed by atoms with Crippen LogP contribution in [0.25, 0.3) is 0 Å². The predicted molar refractivity (Wildman–Crippen MR) is 76.9 cm³/mol. The standard InChI is InChI=1S/C14H26N4O/c1-6-16-14(5,13(15)19)8-7-9-18-12(4)10(2)11(3)17-18/h16H,6-9H2,1-5H3,(H2,15,19). The van der Waals surface area contributed by atoms with E-state index in [2.05, 4.69) is 24.3 Å². The average molecular weight is 266 g/mol. The average Bonchev–Trinajstić information content (AvgIpc) is 2.57. The lowest BCUT2D eigenvalue weighted by atomic mass is 9.95. The summed E-state index contributed by atoms with van der Waals surface area (Å²) in [6.45, 7) is 11.6. The van der Waals surface area contributed by atoms with Crippen LogP contribution in [0.2, 0.25) is 0 Å². The first-order chi connectivity index (χ1) is 8.81. The molecule has 3 N–H and O–H groups in total. The third kappa shape index (κ3) is 3.56. The Bertz CT molecular complexity index is 453. The van der Waals surface area contributed by atoms with Crippen LogP contribution >= 0.6 is 0 Å². The van der Waals surface area contributed by atoms with E-state index in [4.69, 9.17) is 5.73 Å². The molecule has 108 valence electrons. The number of aromatic nitrogens is 2. The van der Waals surface area contributed by atoms with Gasteiger partial charge in [0.2, 0.25) is 5.91 Å². The summed E-state index contributed by atoms with van der Waals surface area (Å²) in [6.07, 6.45) is 1.58. The van der Waals surface area contributed by atoms with Crippen molar-refractivity contribution >= 4 is 5.91 Å². The number of carbonyl (C=O) groups is 1. The number of aryl methyl sites for hydroxylation is 2. The summed E-state index contributed by atoms with van der Waals surface area (Å²) in [5.74, 6) is -0.293. The molecule has 1 heterocycles. The molecule has 1 amide bonds. The van der Waals surface area contributed by atoms with E-state index in [9.17, 15) is 4.79 Å². The van der Waals surface area contributed by atoms with Gasteiger partial charge in [0.05, 0.1) is 11.2 Å². The predicted octanol–water partition coefficient (Wildman–Crippen LogP) is 1.44. The minimum Gasteiger partial charge on any atom is -0.368 e. The number of nitrogens with zero attached hydrogens (tertiary/aromatic N) is 2. The van der Waals surface area contributed by atoms with Gasteiger partial charge in [0.1, 0.15) is 0 Å². The quantitative estimate of drug-likeness (QED) is 0.784. The van der Waals surface area contributed by atoms with Crippen molar-refractivity contribution in [2.24, 2.45) is 5.73 Å². The molecule has 0 aliphatic rings. The number of amides is 1. The van der Waals surface area contributed by atoms with Gasteiger partial charge in [0.25, 0.3) is 0 Å². The normalized spacial score (nSPS) is 14.4. The summed E-state index contributed by atoms with van der Waals surface area (Å²) >= 11 is 0. The Morgan fingerprint density at radius 1 is 1.42 bits per heavy atom. The molecule has 19 heavy (non-hydrogen) atoms. The first-order valence-electron chi connectivity index (χ1n) is 6.87. The summed E-state index contributed by atoms with van der Waals surface area (Å²) < 4.78 is 2.01. The van der Waals surface area contributed by atoms with E-state index in [0.29, 0.717) is 6.42 Å².